The molecule has 1 aliphatic heterocycles. The third-order valence-electron chi connectivity index (χ3n) is 7.26. The number of ether oxygens (including phenoxy) is 1. The van der Waals surface area contributed by atoms with Gasteiger partial charge in [-0.05, 0) is 81.3 Å². The summed E-state index contributed by atoms with van der Waals surface area (Å²) in [7, 11) is -1.98. The summed E-state index contributed by atoms with van der Waals surface area (Å²) in [5.41, 5.74) is 4.01. The molecule has 2 aromatic carbocycles. The number of rotatable bonds is 8. The first-order valence-electron chi connectivity index (χ1n) is 12.5. The fraction of sp³-hybridized carbons (Fsp3) is 0.444. The molecule has 5 rings (SSSR count). The van der Waals surface area contributed by atoms with E-state index < -0.39 is 15.8 Å². The van der Waals surface area contributed by atoms with Gasteiger partial charge in [-0.2, -0.15) is 5.10 Å². The van der Waals surface area contributed by atoms with Crippen molar-refractivity contribution in [2.75, 3.05) is 13.7 Å². The van der Waals surface area contributed by atoms with Crippen molar-refractivity contribution in [1.29, 1.82) is 0 Å². The van der Waals surface area contributed by atoms with E-state index in [9.17, 15) is 8.42 Å². The van der Waals surface area contributed by atoms with Crippen LogP contribution in [0, 0.1) is 24.6 Å². The fourth-order valence-electron chi connectivity index (χ4n) is 5.16. The number of hydrogen-bond acceptors (Lipinski definition) is 5. The zero-order valence-electron chi connectivity index (χ0n) is 20.7. The summed E-state index contributed by atoms with van der Waals surface area (Å²) in [5, 5.41) is 9.92. The van der Waals surface area contributed by atoms with Crippen LogP contribution in [0.4, 0.5) is 4.39 Å². The van der Waals surface area contributed by atoms with Gasteiger partial charge in [0.15, 0.2) is 0 Å². The third-order valence-corrected chi connectivity index (χ3v) is 8.17. The minimum absolute atomic E-state index is 0.0381. The van der Waals surface area contributed by atoms with E-state index in [-0.39, 0.29) is 16.8 Å². The van der Waals surface area contributed by atoms with Gasteiger partial charge in [0.1, 0.15) is 17.7 Å². The second-order valence-electron chi connectivity index (χ2n) is 10.2. The molecule has 2 N–H and O–H groups in total. The van der Waals surface area contributed by atoms with Gasteiger partial charge in [-0.15, -0.1) is 0 Å². The average molecular weight is 513 g/mol. The highest BCUT2D eigenvalue weighted by molar-refractivity contribution is 7.89. The molecule has 0 amide bonds. The van der Waals surface area contributed by atoms with Crippen LogP contribution in [0.15, 0.2) is 53.4 Å². The molecule has 3 aromatic rings. The van der Waals surface area contributed by atoms with Crippen molar-refractivity contribution < 1.29 is 17.5 Å². The molecule has 1 aliphatic carbocycles. The Labute approximate surface area is 212 Å². The van der Waals surface area contributed by atoms with Gasteiger partial charge in [-0.1, -0.05) is 29.8 Å². The Morgan fingerprint density at radius 3 is 2.53 bits per heavy atom. The first-order chi connectivity index (χ1) is 17.2. The number of hydrogen-bond donors (Lipinski definition) is 1. The van der Waals surface area contributed by atoms with Gasteiger partial charge in [0.2, 0.25) is 10.0 Å². The Morgan fingerprint density at radius 2 is 1.89 bits per heavy atom. The third kappa shape index (κ3) is 5.70. The highest BCUT2D eigenvalue weighted by Gasteiger charge is 2.35. The molecule has 1 saturated carbocycles. The lowest BCUT2D eigenvalue weighted by Crippen LogP contribution is -2.39. The standard InChI is InChI=1S/C27H33FN4O3S/c1-18-4-3-5-19(12-18)13-23-14-22(16-31(2)27-11-8-21(17-35-27)20-6-7-20)30-32(23)26-10-9-24(15-25(26)28)36(29,33)34/h3-5,9-10,12,14-15,20-21,27H,6-8,11,13,16-17H2,1-2H3,(H2,29,33,34). The van der Waals surface area contributed by atoms with E-state index in [2.05, 4.69) is 11.0 Å². The first-order valence-corrected chi connectivity index (χ1v) is 14.0. The molecular weight excluding hydrogens is 479 g/mol. The van der Waals surface area contributed by atoms with Gasteiger partial charge in [-0.3, -0.25) is 4.90 Å². The number of sulfonamides is 1. The maximum atomic E-state index is 15.1. The van der Waals surface area contributed by atoms with E-state index >= 15 is 4.39 Å². The predicted octanol–water partition coefficient (Wildman–Crippen LogP) is 4.15. The first kappa shape index (κ1) is 25.1. The van der Waals surface area contributed by atoms with Gasteiger partial charge in [-0.25, -0.2) is 22.6 Å². The average Bonchev–Trinajstić information content (AvgIpc) is 3.61. The van der Waals surface area contributed by atoms with Gasteiger partial charge < -0.3 is 4.74 Å². The molecule has 192 valence electrons. The summed E-state index contributed by atoms with van der Waals surface area (Å²) in [6.45, 7) is 3.41. The number of primary sulfonamides is 1. The van der Waals surface area contributed by atoms with Crippen molar-refractivity contribution in [3.8, 4) is 5.69 Å². The van der Waals surface area contributed by atoms with Crippen LogP contribution < -0.4 is 5.14 Å². The van der Waals surface area contributed by atoms with E-state index in [1.165, 1.54) is 31.4 Å². The molecular formula is C27H33FN4O3S. The zero-order chi connectivity index (χ0) is 25.4. The van der Waals surface area contributed by atoms with Gasteiger partial charge in [0.25, 0.3) is 0 Å². The van der Waals surface area contributed by atoms with Crippen LogP contribution in [0.5, 0.6) is 0 Å². The van der Waals surface area contributed by atoms with Crippen molar-refractivity contribution in [1.82, 2.24) is 14.7 Å². The fourth-order valence-corrected chi connectivity index (χ4v) is 5.68. The molecule has 0 spiro atoms. The Hall–Kier alpha value is -2.59. The quantitative estimate of drug-likeness (QED) is 0.490. The molecule has 2 aliphatic rings. The zero-order valence-corrected chi connectivity index (χ0v) is 21.5. The van der Waals surface area contributed by atoms with Crippen molar-refractivity contribution in [3.63, 3.8) is 0 Å². The van der Waals surface area contributed by atoms with Crippen LogP contribution >= 0.6 is 0 Å². The smallest absolute Gasteiger partial charge is 0.238 e. The molecule has 1 aromatic heterocycles. The summed E-state index contributed by atoms with van der Waals surface area (Å²) in [4.78, 5) is 1.89. The van der Waals surface area contributed by atoms with E-state index in [4.69, 9.17) is 15.0 Å². The van der Waals surface area contributed by atoms with E-state index in [1.807, 2.05) is 38.2 Å². The highest BCUT2D eigenvalue weighted by atomic mass is 32.2. The minimum atomic E-state index is -4.01. The van der Waals surface area contributed by atoms with E-state index in [0.29, 0.717) is 18.9 Å². The summed E-state index contributed by atoms with van der Waals surface area (Å²) >= 11 is 0. The molecule has 7 nitrogen and oxygen atoms in total. The number of nitrogens with two attached hydrogens (primary N) is 1. The van der Waals surface area contributed by atoms with Crippen LogP contribution in [0.1, 0.15) is 48.2 Å². The number of nitrogens with zero attached hydrogens (tertiary/aromatic N) is 3. The topological polar surface area (TPSA) is 90.4 Å². The Bertz CT molecular complexity index is 1340. The summed E-state index contributed by atoms with van der Waals surface area (Å²) in [5.74, 6) is 0.849. The molecule has 36 heavy (non-hydrogen) atoms. The lowest BCUT2D eigenvalue weighted by molar-refractivity contribution is -0.102. The molecule has 2 heterocycles. The SMILES string of the molecule is Cc1cccc(Cc2cc(CN(C)C3CCC(C4CC4)CO3)nn2-c2ccc(S(N)(=O)=O)cc2F)c1. The normalized spacial score (nSPS) is 20.7. The van der Waals surface area contributed by atoms with Crippen molar-refractivity contribution in [2.24, 2.45) is 17.0 Å². The number of halogens is 1. The molecule has 2 unspecified atom stereocenters. The molecule has 1 saturated heterocycles. The predicted molar refractivity (Wildman–Crippen MR) is 136 cm³/mol. The molecule has 0 bridgehead atoms. The number of aromatic nitrogens is 2. The summed E-state index contributed by atoms with van der Waals surface area (Å²) in [6.07, 6.45) is 5.45. The van der Waals surface area contributed by atoms with Crippen molar-refractivity contribution in [3.05, 3.63) is 76.9 Å². The van der Waals surface area contributed by atoms with E-state index in [0.717, 1.165) is 47.5 Å². The monoisotopic (exact) mass is 512 g/mol. The van der Waals surface area contributed by atoms with Gasteiger partial charge in [0, 0.05) is 18.7 Å². The Morgan fingerprint density at radius 1 is 1.11 bits per heavy atom. The molecule has 2 atom stereocenters. The lowest BCUT2D eigenvalue weighted by Gasteiger charge is -2.34. The van der Waals surface area contributed by atoms with Crippen molar-refractivity contribution >= 4 is 10.0 Å². The van der Waals surface area contributed by atoms with Crippen LogP contribution in [-0.2, 0) is 27.7 Å². The number of aryl methyl sites for hydroxylation is 1. The Kier molecular flexibility index (Phi) is 7.00. The highest BCUT2D eigenvalue weighted by Crippen LogP contribution is 2.41. The summed E-state index contributed by atoms with van der Waals surface area (Å²) < 4.78 is 46.2. The number of benzene rings is 2. The van der Waals surface area contributed by atoms with Crippen LogP contribution in [0.2, 0.25) is 0 Å². The van der Waals surface area contributed by atoms with Crippen LogP contribution in [0.25, 0.3) is 5.69 Å². The lowest BCUT2D eigenvalue weighted by atomic mass is 9.96. The van der Waals surface area contributed by atoms with Gasteiger partial charge in [0.05, 0.1) is 17.2 Å². The molecule has 9 heteroatoms. The molecule has 2 fully saturated rings. The maximum absolute atomic E-state index is 15.1. The Balaban J connectivity index is 1.41. The summed E-state index contributed by atoms with van der Waals surface area (Å²) in [6, 6.07) is 13.8. The largest absolute Gasteiger partial charge is 0.363 e. The van der Waals surface area contributed by atoms with Crippen LogP contribution in [0.3, 0.4) is 0 Å². The van der Waals surface area contributed by atoms with Gasteiger partial charge >= 0.3 is 0 Å². The van der Waals surface area contributed by atoms with E-state index in [1.54, 1.807) is 4.68 Å². The van der Waals surface area contributed by atoms with Crippen molar-refractivity contribution in [2.45, 2.75) is 56.7 Å². The van der Waals surface area contributed by atoms with Crippen LogP contribution in [-0.4, -0.2) is 43.0 Å². The minimum Gasteiger partial charge on any atom is -0.363 e. The second kappa shape index (κ2) is 10.0. The maximum Gasteiger partial charge on any atom is 0.238 e. The second-order valence-corrected chi connectivity index (χ2v) is 11.8. The molecule has 0 radical (unpaired) electrons.